The topological polar surface area (TPSA) is 40.9 Å². The fourth-order valence-corrected chi connectivity index (χ4v) is 2.79. The number of benzene rings is 1. The van der Waals surface area contributed by atoms with Crippen molar-refractivity contribution in [2.75, 3.05) is 0 Å². The van der Waals surface area contributed by atoms with E-state index in [0.29, 0.717) is 22.0 Å². The van der Waals surface area contributed by atoms with Gasteiger partial charge in [-0.2, -0.15) is 5.26 Å². The van der Waals surface area contributed by atoms with Crippen molar-refractivity contribution in [2.45, 2.75) is 57.8 Å². The van der Waals surface area contributed by atoms with Gasteiger partial charge in [0.05, 0.1) is 6.07 Å². The summed E-state index contributed by atoms with van der Waals surface area (Å²) in [5.74, 6) is -0.845. The van der Waals surface area contributed by atoms with Crippen LogP contribution in [0.4, 0.5) is 0 Å². The van der Waals surface area contributed by atoms with Gasteiger partial charge in [-0.05, 0) is 24.1 Å². The monoisotopic (exact) mass is 325 g/mol. The Morgan fingerprint density at radius 3 is 2.48 bits per heavy atom. The Hall–Kier alpha value is -1.04. The highest BCUT2D eigenvalue weighted by Crippen LogP contribution is 2.29. The summed E-state index contributed by atoms with van der Waals surface area (Å²) >= 11 is 11.9. The van der Waals surface area contributed by atoms with Gasteiger partial charge >= 0.3 is 0 Å². The minimum absolute atomic E-state index is 0.0581. The number of hydrogen-bond acceptors (Lipinski definition) is 2. The van der Waals surface area contributed by atoms with Crippen LogP contribution in [0.15, 0.2) is 18.2 Å². The molecule has 0 heterocycles. The molecule has 21 heavy (non-hydrogen) atoms. The smallest absolute Gasteiger partial charge is 0.154 e. The van der Waals surface area contributed by atoms with E-state index < -0.39 is 5.92 Å². The molecule has 1 aromatic carbocycles. The largest absolute Gasteiger partial charge is 0.298 e. The van der Waals surface area contributed by atoms with Gasteiger partial charge in [0.1, 0.15) is 5.92 Å². The fourth-order valence-electron chi connectivity index (χ4n) is 2.27. The van der Waals surface area contributed by atoms with E-state index in [1.807, 2.05) is 0 Å². The SMILES string of the molecule is CCCCCCCCC(=O)C(C#N)c1ccc(Cl)cc1Cl. The number of ketones is 1. The number of hydrogen-bond donors (Lipinski definition) is 0. The Labute approximate surface area is 137 Å². The first-order valence-corrected chi connectivity index (χ1v) is 8.23. The Kier molecular flexibility index (Phi) is 8.42. The van der Waals surface area contributed by atoms with E-state index in [-0.39, 0.29) is 5.78 Å². The molecule has 1 atom stereocenters. The predicted molar refractivity (Wildman–Crippen MR) is 87.8 cm³/mol. The summed E-state index contributed by atoms with van der Waals surface area (Å²) in [6, 6.07) is 6.96. The van der Waals surface area contributed by atoms with Crippen LogP contribution in [-0.2, 0) is 4.79 Å². The first-order valence-electron chi connectivity index (χ1n) is 7.47. The molecule has 0 saturated carbocycles. The van der Waals surface area contributed by atoms with Gasteiger partial charge in [-0.15, -0.1) is 0 Å². The highest BCUT2D eigenvalue weighted by molar-refractivity contribution is 6.35. The number of halogens is 2. The van der Waals surface area contributed by atoms with Crippen molar-refractivity contribution in [3.05, 3.63) is 33.8 Å². The van der Waals surface area contributed by atoms with Crippen molar-refractivity contribution in [1.82, 2.24) is 0 Å². The molecular formula is C17H21Cl2NO. The molecular weight excluding hydrogens is 305 g/mol. The van der Waals surface area contributed by atoms with E-state index >= 15 is 0 Å². The van der Waals surface area contributed by atoms with Crippen molar-refractivity contribution in [1.29, 1.82) is 5.26 Å². The average Bonchev–Trinajstić information content (AvgIpc) is 2.45. The molecule has 1 rings (SSSR count). The third-order valence-electron chi connectivity index (χ3n) is 3.50. The highest BCUT2D eigenvalue weighted by atomic mass is 35.5. The lowest BCUT2D eigenvalue weighted by Crippen LogP contribution is -2.11. The van der Waals surface area contributed by atoms with Gasteiger partial charge in [0, 0.05) is 16.5 Å². The summed E-state index contributed by atoms with van der Waals surface area (Å²) in [4.78, 5) is 12.2. The van der Waals surface area contributed by atoms with Crippen LogP contribution >= 0.6 is 23.2 Å². The molecule has 0 radical (unpaired) electrons. The van der Waals surface area contributed by atoms with Crippen molar-refractivity contribution in [3.63, 3.8) is 0 Å². The number of rotatable bonds is 9. The van der Waals surface area contributed by atoms with Crippen LogP contribution < -0.4 is 0 Å². The molecule has 2 nitrogen and oxygen atoms in total. The predicted octanol–water partition coefficient (Wildman–Crippen LogP) is 5.92. The maximum Gasteiger partial charge on any atom is 0.154 e. The molecule has 1 aromatic rings. The Balaban J connectivity index is 2.52. The summed E-state index contributed by atoms with van der Waals surface area (Å²) in [5, 5.41) is 10.1. The molecule has 0 bridgehead atoms. The lowest BCUT2D eigenvalue weighted by atomic mass is 9.93. The molecule has 0 aliphatic heterocycles. The minimum Gasteiger partial charge on any atom is -0.298 e. The summed E-state index contributed by atoms with van der Waals surface area (Å²) in [6.45, 7) is 2.18. The van der Waals surface area contributed by atoms with Crippen LogP contribution in [0.25, 0.3) is 0 Å². The molecule has 4 heteroatoms. The summed E-state index contributed by atoms with van der Waals surface area (Å²) in [7, 11) is 0. The van der Waals surface area contributed by atoms with Gasteiger partial charge < -0.3 is 0 Å². The van der Waals surface area contributed by atoms with Crippen LogP contribution in [0.2, 0.25) is 10.0 Å². The molecule has 0 aliphatic carbocycles. The third kappa shape index (κ3) is 6.08. The van der Waals surface area contributed by atoms with E-state index in [9.17, 15) is 10.1 Å². The Bertz CT molecular complexity index is 508. The van der Waals surface area contributed by atoms with Gasteiger partial charge in [-0.1, -0.05) is 68.3 Å². The zero-order chi connectivity index (χ0) is 15.7. The van der Waals surface area contributed by atoms with E-state index in [4.69, 9.17) is 23.2 Å². The van der Waals surface area contributed by atoms with E-state index in [2.05, 4.69) is 13.0 Å². The zero-order valence-electron chi connectivity index (χ0n) is 12.4. The van der Waals surface area contributed by atoms with Crippen molar-refractivity contribution in [3.8, 4) is 6.07 Å². The maximum atomic E-state index is 12.2. The quantitative estimate of drug-likeness (QED) is 0.528. The lowest BCUT2D eigenvalue weighted by Gasteiger charge is -2.10. The van der Waals surface area contributed by atoms with Crippen LogP contribution in [-0.4, -0.2) is 5.78 Å². The van der Waals surface area contributed by atoms with Crippen molar-refractivity contribution < 1.29 is 4.79 Å². The molecule has 0 amide bonds. The highest BCUT2D eigenvalue weighted by Gasteiger charge is 2.22. The average molecular weight is 326 g/mol. The number of Topliss-reactive ketones (excluding diaryl/α,β-unsaturated/α-hetero) is 1. The van der Waals surface area contributed by atoms with E-state index in [1.54, 1.807) is 18.2 Å². The first-order chi connectivity index (χ1) is 10.1. The third-order valence-corrected chi connectivity index (χ3v) is 4.06. The van der Waals surface area contributed by atoms with Crippen LogP contribution in [0.5, 0.6) is 0 Å². The van der Waals surface area contributed by atoms with E-state index in [1.165, 1.54) is 19.3 Å². The molecule has 0 saturated heterocycles. The molecule has 0 aromatic heterocycles. The van der Waals surface area contributed by atoms with Crippen LogP contribution in [0.3, 0.4) is 0 Å². The van der Waals surface area contributed by atoms with Gasteiger partial charge in [-0.25, -0.2) is 0 Å². The van der Waals surface area contributed by atoms with Crippen LogP contribution in [0, 0.1) is 11.3 Å². The summed E-state index contributed by atoms with van der Waals surface area (Å²) in [6.07, 6.45) is 7.14. The fraction of sp³-hybridized carbons (Fsp3) is 0.529. The lowest BCUT2D eigenvalue weighted by molar-refractivity contribution is -0.119. The molecule has 1 unspecified atom stereocenters. The number of carbonyl (C=O) groups is 1. The normalized spacial score (nSPS) is 11.9. The Morgan fingerprint density at radius 1 is 1.19 bits per heavy atom. The number of nitrogens with zero attached hydrogens (tertiary/aromatic N) is 1. The maximum absolute atomic E-state index is 12.2. The van der Waals surface area contributed by atoms with Gasteiger partial charge in [0.25, 0.3) is 0 Å². The summed E-state index contributed by atoms with van der Waals surface area (Å²) in [5.41, 5.74) is 0.555. The van der Waals surface area contributed by atoms with Crippen molar-refractivity contribution >= 4 is 29.0 Å². The standard InChI is InChI=1S/C17H21Cl2NO/c1-2-3-4-5-6-7-8-17(21)15(12-20)14-10-9-13(18)11-16(14)19/h9-11,15H,2-8H2,1H3. The van der Waals surface area contributed by atoms with Crippen molar-refractivity contribution in [2.24, 2.45) is 0 Å². The van der Waals surface area contributed by atoms with E-state index in [0.717, 1.165) is 19.3 Å². The number of unbranched alkanes of at least 4 members (excludes halogenated alkanes) is 5. The molecule has 0 spiro atoms. The minimum atomic E-state index is -0.787. The zero-order valence-corrected chi connectivity index (χ0v) is 13.9. The second kappa shape index (κ2) is 9.82. The molecule has 0 aliphatic rings. The molecule has 0 fully saturated rings. The van der Waals surface area contributed by atoms with Gasteiger partial charge in [-0.3, -0.25) is 4.79 Å². The van der Waals surface area contributed by atoms with Crippen LogP contribution in [0.1, 0.15) is 63.4 Å². The number of carbonyl (C=O) groups excluding carboxylic acids is 1. The number of nitriles is 1. The van der Waals surface area contributed by atoms with Gasteiger partial charge in [0.15, 0.2) is 5.78 Å². The molecule has 114 valence electrons. The first kappa shape index (κ1) is 18.0. The second-order valence-corrected chi connectivity index (χ2v) is 6.06. The van der Waals surface area contributed by atoms with Gasteiger partial charge in [0.2, 0.25) is 0 Å². The summed E-state index contributed by atoms with van der Waals surface area (Å²) < 4.78 is 0. The molecule has 0 N–H and O–H groups in total. The Morgan fingerprint density at radius 2 is 1.86 bits per heavy atom. The second-order valence-electron chi connectivity index (χ2n) is 5.21.